The van der Waals surface area contributed by atoms with E-state index >= 15 is 0 Å². The molecule has 0 aliphatic rings. The molecule has 2 unspecified atom stereocenters. The molecule has 0 spiro atoms. The van der Waals surface area contributed by atoms with Crippen molar-refractivity contribution in [2.75, 3.05) is 28.4 Å². The first-order valence-electron chi connectivity index (χ1n) is 7.38. The van der Waals surface area contributed by atoms with Crippen LogP contribution in [-0.2, 0) is 28.6 Å². The van der Waals surface area contributed by atoms with Crippen molar-refractivity contribution < 1.29 is 43.2 Å². The van der Waals surface area contributed by atoms with E-state index in [4.69, 9.17) is 4.74 Å². The van der Waals surface area contributed by atoms with Crippen LogP contribution in [0.5, 0.6) is 5.75 Å². The number of methoxy groups -OCH3 is 4. The number of benzene rings is 1. The molecule has 1 N–H and O–H groups in total. The second-order valence-corrected chi connectivity index (χ2v) is 5.22. The summed E-state index contributed by atoms with van der Waals surface area (Å²) in [6.07, 6.45) is -0.974. The van der Waals surface area contributed by atoms with Crippen LogP contribution in [0.1, 0.15) is 16.8 Å². The minimum atomic E-state index is -2.80. The van der Waals surface area contributed by atoms with Gasteiger partial charge in [-0.2, -0.15) is 0 Å². The van der Waals surface area contributed by atoms with Crippen molar-refractivity contribution in [1.82, 2.24) is 0 Å². The minimum Gasteiger partial charge on any atom is -0.497 e. The summed E-state index contributed by atoms with van der Waals surface area (Å²) in [5.41, 5.74) is -2.81. The second-order valence-electron chi connectivity index (χ2n) is 5.22. The number of carbonyl (C=O) groups is 4. The maximum atomic E-state index is 12.8. The molecule has 1 aromatic carbocycles. The molecular weight excluding hydrogens is 348 g/mol. The predicted molar refractivity (Wildman–Crippen MR) is 86.4 cm³/mol. The van der Waals surface area contributed by atoms with Crippen molar-refractivity contribution in [3.63, 3.8) is 0 Å². The highest BCUT2D eigenvalue weighted by Gasteiger charge is 2.55. The lowest BCUT2D eigenvalue weighted by atomic mass is 9.79. The molecule has 0 bridgehead atoms. The van der Waals surface area contributed by atoms with E-state index in [1.165, 1.54) is 31.4 Å². The Bertz CT molecular complexity index is 680. The number of hydrogen-bond acceptors (Lipinski definition) is 9. The van der Waals surface area contributed by atoms with Gasteiger partial charge < -0.3 is 24.1 Å². The van der Waals surface area contributed by atoms with Crippen LogP contribution in [0.2, 0.25) is 0 Å². The SMILES string of the molecule is COC(=O)CC(O)(C(=O)OC)C(C(=O)OC)C(=O)c1ccc(OC)cc1. The number of ether oxygens (including phenoxy) is 4. The summed E-state index contributed by atoms with van der Waals surface area (Å²) in [5.74, 6) is -6.09. The summed E-state index contributed by atoms with van der Waals surface area (Å²) >= 11 is 0. The van der Waals surface area contributed by atoms with Crippen molar-refractivity contribution >= 4 is 23.7 Å². The number of carbonyl (C=O) groups excluding carboxylic acids is 4. The smallest absolute Gasteiger partial charge is 0.339 e. The Hall–Kier alpha value is -2.94. The normalized spacial score (nSPS) is 13.7. The van der Waals surface area contributed by atoms with Gasteiger partial charge in [-0.25, -0.2) is 4.79 Å². The molecule has 0 amide bonds. The zero-order chi connectivity index (χ0) is 19.9. The van der Waals surface area contributed by atoms with E-state index in [1.807, 2.05) is 0 Å². The molecule has 0 aliphatic carbocycles. The lowest BCUT2D eigenvalue weighted by molar-refractivity contribution is -0.179. The lowest BCUT2D eigenvalue weighted by Gasteiger charge is -2.30. The Morgan fingerprint density at radius 3 is 1.96 bits per heavy atom. The van der Waals surface area contributed by atoms with E-state index in [1.54, 1.807) is 0 Å². The largest absolute Gasteiger partial charge is 0.497 e. The Labute approximate surface area is 149 Å². The van der Waals surface area contributed by atoms with Crippen LogP contribution in [0.3, 0.4) is 0 Å². The van der Waals surface area contributed by atoms with Crippen molar-refractivity contribution in [2.45, 2.75) is 12.0 Å². The van der Waals surface area contributed by atoms with Crippen LogP contribution >= 0.6 is 0 Å². The van der Waals surface area contributed by atoms with Gasteiger partial charge in [-0.3, -0.25) is 14.4 Å². The average molecular weight is 368 g/mol. The summed E-state index contributed by atoms with van der Waals surface area (Å²) in [6, 6.07) is 5.60. The van der Waals surface area contributed by atoms with E-state index in [0.717, 1.165) is 21.3 Å². The molecule has 0 heterocycles. The zero-order valence-electron chi connectivity index (χ0n) is 14.8. The molecule has 9 heteroatoms. The van der Waals surface area contributed by atoms with Gasteiger partial charge in [0.25, 0.3) is 0 Å². The fourth-order valence-electron chi connectivity index (χ4n) is 2.32. The van der Waals surface area contributed by atoms with Crippen LogP contribution in [0.15, 0.2) is 24.3 Å². The van der Waals surface area contributed by atoms with Crippen LogP contribution in [0.4, 0.5) is 0 Å². The molecular formula is C17H20O9. The summed E-state index contributed by atoms with van der Waals surface area (Å²) in [7, 11) is 4.38. The third kappa shape index (κ3) is 4.37. The van der Waals surface area contributed by atoms with Crippen molar-refractivity contribution in [3.8, 4) is 5.75 Å². The number of rotatable bonds is 8. The van der Waals surface area contributed by atoms with Crippen LogP contribution in [0.25, 0.3) is 0 Å². The molecule has 1 aromatic rings. The summed E-state index contributed by atoms with van der Waals surface area (Å²) in [6.45, 7) is 0. The van der Waals surface area contributed by atoms with Gasteiger partial charge in [-0.15, -0.1) is 0 Å². The summed E-state index contributed by atoms with van der Waals surface area (Å²) in [5, 5.41) is 10.8. The molecule has 0 saturated heterocycles. The number of aliphatic hydroxyl groups is 1. The Morgan fingerprint density at radius 1 is 0.962 bits per heavy atom. The topological polar surface area (TPSA) is 125 Å². The van der Waals surface area contributed by atoms with Crippen molar-refractivity contribution in [3.05, 3.63) is 29.8 Å². The highest BCUT2D eigenvalue weighted by molar-refractivity contribution is 6.13. The standard InChI is InChI=1S/C17H20O9/c1-23-11-7-5-10(6-8-11)14(19)13(15(20)25-3)17(22,16(21)26-4)9-12(18)24-2/h5-8,13,22H,9H2,1-4H3. The molecule has 0 saturated carbocycles. The molecule has 26 heavy (non-hydrogen) atoms. The predicted octanol–water partition coefficient (Wildman–Crippen LogP) is 0.134. The molecule has 0 aliphatic heterocycles. The first-order chi connectivity index (χ1) is 12.2. The molecule has 2 atom stereocenters. The Balaban J connectivity index is 3.42. The highest BCUT2D eigenvalue weighted by atomic mass is 16.6. The third-order valence-corrected chi connectivity index (χ3v) is 3.73. The molecule has 0 aromatic heterocycles. The van der Waals surface area contributed by atoms with Gasteiger partial charge in [0.15, 0.2) is 17.3 Å². The fourth-order valence-corrected chi connectivity index (χ4v) is 2.32. The maximum Gasteiger partial charge on any atom is 0.339 e. The number of Topliss-reactive ketones (excluding diaryl/α,β-unsaturated/α-hetero) is 1. The average Bonchev–Trinajstić information content (AvgIpc) is 2.66. The number of hydrogen-bond donors (Lipinski definition) is 1. The second kappa shape index (κ2) is 8.95. The van der Waals surface area contributed by atoms with E-state index in [-0.39, 0.29) is 5.56 Å². The first kappa shape index (κ1) is 21.1. The van der Waals surface area contributed by atoms with Gasteiger partial charge in [0.05, 0.1) is 34.9 Å². The van der Waals surface area contributed by atoms with Gasteiger partial charge in [0, 0.05) is 5.56 Å². The lowest BCUT2D eigenvalue weighted by Crippen LogP contribution is -2.55. The fraction of sp³-hybridized carbons (Fsp3) is 0.412. The van der Waals surface area contributed by atoms with E-state index in [9.17, 15) is 24.3 Å². The van der Waals surface area contributed by atoms with Crippen LogP contribution in [0, 0.1) is 5.92 Å². The molecule has 142 valence electrons. The van der Waals surface area contributed by atoms with E-state index in [0.29, 0.717) is 5.75 Å². The van der Waals surface area contributed by atoms with Gasteiger partial charge in [-0.1, -0.05) is 0 Å². The molecule has 0 radical (unpaired) electrons. The third-order valence-electron chi connectivity index (χ3n) is 3.73. The van der Waals surface area contributed by atoms with Crippen molar-refractivity contribution in [1.29, 1.82) is 0 Å². The van der Waals surface area contributed by atoms with E-state index < -0.39 is 41.6 Å². The monoisotopic (exact) mass is 368 g/mol. The Kier molecular flexibility index (Phi) is 7.27. The minimum absolute atomic E-state index is 0.00612. The number of ketones is 1. The summed E-state index contributed by atoms with van der Waals surface area (Å²) < 4.78 is 18.4. The Morgan fingerprint density at radius 2 is 1.54 bits per heavy atom. The van der Waals surface area contributed by atoms with Gasteiger partial charge >= 0.3 is 17.9 Å². The molecule has 1 rings (SSSR count). The summed E-state index contributed by atoms with van der Waals surface area (Å²) in [4.78, 5) is 48.8. The van der Waals surface area contributed by atoms with Crippen LogP contribution in [-0.4, -0.2) is 62.8 Å². The van der Waals surface area contributed by atoms with Gasteiger partial charge in [0.1, 0.15) is 5.75 Å². The van der Waals surface area contributed by atoms with Crippen molar-refractivity contribution in [2.24, 2.45) is 5.92 Å². The van der Waals surface area contributed by atoms with Gasteiger partial charge in [-0.05, 0) is 24.3 Å². The zero-order valence-corrected chi connectivity index (χ0v) is 14.8. The number of esters is 3. The molecule has 0 fully saturated rings. The van der Waals surface area contributed by atoms with Crippen LogP contribution < -0.4 is 4.74 Å². The van der Waals surface area contributed by atoms with Gasteiger partial charge in [0.2, 0.25) is 0 Å². The first-order valence-corrected chi connectivity index (χ1v) is 7.38. The molecule has 9 nitrogen and oxygen atoms in total. The highest BCUT2D eigenvalue weighted by Crippen LogP contribution is 2.29. The maximum absolute atomic E-state index is 12.8. The quantitative estimate of drug-likeness (QED) is 0.295. The van der Waals surface area contributed by atoms with E-state index in [2.05, 4.69) is 14.2 Å².